The molecule has 0 heterocycles. The summed E-state index contributed by atoms with van der Waals surface area (Å²) in [6, 6.07) is 1.75. The molecule has 0 spiro atoms. The van der Waals surface area contributed by atoms with E-state index in [1.54, 1.807) is 6.07 Å². The first-order valence-corrected chi connectivity index (χ1v) is 0.724. The van der Waals surface area contributed by atoms with Crippen LogP contribution in [0.4, 0.5) is 0 Å². The molecular weight excluding hydrogens is 97.0 g/mol. The fourth-order valence-electron chi connectivity index (χ4n) is 0. The Hall–Kier alpha value is -0.00351. The molecule has 4 heavy (non-hydrogen) atoms. The first-order valence-electron chi connectivity index (χ1n) is 0.724. The van der Waals surface area contributed by atoms with E-state index >= 15 is 0 Å². The molecule has 0 rings (SSSR count). The van der Waals surface area contributed by atoms with E-state index in [0.717, 1.165) is 0 Å². The van der Waals surface area contributed by atoms with E-state index in [9.17, 15) is 0 Å². The molecule has 0 aromatic carbocycles. The third-order valence-electron chi connectivity index (χ3n) is 0. The third-order valence-corrected chi connectivity index (χ3v) is 0. The largest absolute Gasteiger partial charge is 0.199 e. The zero-order valence-electron chi connectivity index (χ0n) is 2.28. The zero-order chi connectivity index (χ0) is 2.71. The minimum atomic E-state index is 0. The van der Waals surface area contributed by atoms with Crippen molar-refractivity contribution in [3.05, 3.63) is 0 Å². The van der Waals surface area contributed by atoms with Crippen molar-refractivity contribution < 1.29 is 16.8 Å². The van der Waals surface area contributed by atoms with Gasteiger partial charge in [-0.05, 0) is 0 Å². The second-order valence-corrected chi connectivity index (χ2v) is 0.224. The smallest absolute Gasteiger partial charge is 0.0587 e. The molecule has 0 aliphatic rings. The molecule has 0 N–H and O–H groups in total. The fourth-order valence-corrected chi connectivity index (χ4v) is 0. The van der Waals surface area contributed by atoms with Crippen molar-refractivity contribution >= 4 is 0 Å². The normalized spacial score (nSPS) is 2.00. The number of nitrogens with zero attached hydrogens (tertiary/aromatic N) is 1. The van der Waals surface area contributed by atoms with Gasteiger partial charge in [0.1, 0.15) is 0 Å². The van der Waals surface area contributed by atoms with Gasteiger partial charge in [0.25, 0.3) is 0 Å². The van der Waals surface area contributed by atoms with Gasteiger partial charge in [-0.2, -0.15) is 5.26 Å². The summed E-state index contributed by atoms with van der Waals surface area (Å²) >= 11 is 0. The Labute approximate surface area is 35.8 Å². The van der Waals surface area contributed by atoms with Gasteiger partial charge in [0.15, 0.2) is 0 Å². The van der Waals surface area contributed by atoms with Crippen LogP contribution < -0.4 is 0 Å². The molecule has 0 aromatic heterocycles. The van der Waals surface area contributed by atoms with Crippen molar-refractivity contribution in [2.24, 2.45) is 0 Å². The van der Waals surface area contributed by atoms with E-state index in [1.165, 1.54) is 6.92 Å². The van der Waals surface area contributed by atoms with Gasteiger partial charge < -0.3 is 0 Å². The summed E-state index contributed by atoms with van der Waals surface area (Å²) in [5.41, 5.74) is 0. The van der Waals surface area contributed by atoms with Crippen molar-refractivity contribution in [2.45, 2.75) is 6.92 Å². The fraction of sp³-hybridized carbons (Fsp3) is 0.500. The van der Waals surface area contributed by atoms with Crippen LogP contribution in [0.15, 0.2) is 0 Å². The molecule has 0 bridgehead atoms. The predicted molar refractivity (Wildman–Crippen MR) is 11.3 cm³/mol. The van der Waals surface area contributed by atoms with Gasteiger partial charge in [0.05, 0.1) is 6.07 Å². The van der Waals surface area contributed by atoms with Gasteiger partial charge >= 0.3 is 0 Å². The molecular formula is C2H3CoN. The maximum absolute atomic E-state index is 7.32. The van der Waals surface area contributed by atoms with Crippen molar-refractivity contribution in [1.29, 1.82) is 5.26 Å². The van der Waals surface area contributed by atoms with Crippen LogP contribution in [0, 0.1) is 11.3 Å². The van der Waals surface area contributed by atoms with E-state index in [4.69, 9.17) is 5.26 Å². The molecule has 0 unspecified atom stereocenters. The minimum Gasteiger partial charge on any atom is -0.199 e. The van der Waals surface area contributed by atoms with Crippen LogP contribution in [0.5, 0.6) is 0 Å². The van der Waals surface area contributed by atoms with Crippen LogP contribution in [-0.2, 0) is 16.8 Å². The Kier molecular flexibility index (Phi) is 27.1. The second kappa shape index (κ2) is 12.0. The van der Waals surface area contributed by atoms with Crippen LogP contribution in [0.25, 0.3) is 0 Å². The third kappa shape index (κ3) is 161000. The molecule has 0 saturated carbocycles. The standard InChI is InChI=1S/C2H3N.Co/c1-2-3;/h1H3;. The molecule has 0 aliphatic carbocycles. The summed E-state index contributed by atoms with van der Waals surface area (Å²) in [5.74, 6) is 0. The molecule has 25 valence electrons. The number of hydrogen-bond donors (Lipinski definition) is 0. The molecule has 0 saturated heterocycles. The van der Waals surface area contributed by atoms with Gasteiger partial charge in [-0.15, -0.1) is 0 Å². The van der Waals surface area contributed by atoms with Gasteiger partial charge in [-0.25, -0.2) is 0 Å². The average molecular weight is 100.0 g/mol. The Balaban J connectivity index is 0. The number of nitriles is 1. The molecule has 0 fully saturated rings. The summed E-state index contributed by atoms with van der Waals surface area (Å²) < 4.78 is 0. The minimum absolute atomic E-state index is 0. The summed E-state index contributed by atoms with van der Waals surface area (Å²) in [4.78, 5) is 0. The van der Waals surface area contributed by atoms with Gasteiger partial charge in [0.2, 0.25) is 0 Å². The van der Waals surface area contributed by atoms with E-state index < -0.39 is 0 Å². The van der Waals surface area contributed by atoms with Crippen LogP contribution in [0.2, 0.25) is 0 Å². The van der Waals surface area contributed by atoms with E-state index in [0.29, 0.717) is 0 Å². The Morgan fingerprint density at radius 2 is 1.75 bits per heavy atom. The van der Waals surface area contributed by atoms with Crippen molar-refractivity contribution in [2.75, 3.05) is 0 Å². The van der Waals surface area contributed by atoms with E-state index in [1.807, 2.05) is 0 Å². The summed E-state index contributed by atoms with van der Waals surface area (Å²) in [6.07, 6.45) is 0. The SMILES string of the molecule is CC#N.[Co]. The van der Waals surface area contributed by atoms with E-state index in [-0.39, 0.29) is 16.8 Å². The predicted octanol–water partition coefficient (Wildman–Crippen LogP) is 0.527. The van der Waals surface area contributed by atoms with Gasteiger partial charge in [-0.3, -0.25) is 0 Å². The first kappa shape index (κ1) is 9.00. The Bertz CT molecular complexity index is 27.5. The Morgan fingerprint density at radius 3 is 1.75 bits per heavy atom. The summed E-state index contributed by atoms with van der Waals surface area (Å²) in [5, 5.41) is 7.32. The van der Waals surface area contributed by atoms with Crippen LogP contribution in [0.3, 0.4) is 0 Å². The maximum Gasteiger partial charge on any atom is 0.0587 e. The Morgan fingerprint density at radius 1 is 1.75 bits per heavy atom. The van der Waals surface area contributed by atoms with Crippen LogP contribution in [0.1, 0.15) is 6.92 Å². The summed E-state index contributed by atoms with van der Waals surface area (Å²) in [6.45, 7) is 1.43. The van der Waals surface area contributed by atoms with Crippen molar-refractivity contribution in [1.82, 2.24) is 0 Å². The topological polar surface area (TPSA) is 23.8 Å². The molecule has 2 heteroatoms. The van der Waals surface area contributed by atoms with E-state index in [2.05, 4.69) is 0 Å². The number of rotatable bonds is 0. The summed E-state index contributed by atoms with van der Waals surface area (Å²) in [7, 11) is 0. The quantitative estimate of drug-likeness (QED) is 0.435. The van der Waals surface area contributed by atoms with Gasteiger partial charge in [0, 0.05) is 23.7 Å². The molecule has 1 radical (unpaired) electrons. The molecule has 0 aromatic rings. The number of hydrogen-bond acceptors (Lipinski definition) is 1. The maximum atomic E-state index is 7.32. The second-order valence-electron chi connectivity index (χ2n) is 0.224. The molecule has 0 aliphatic heterocycles. The average Bonchev–Trinajstić information content (AvgIpc) is 0.918. The van der Waals surface area contributed by atoms with Crippen LogP contribution >= 0.6 is 0 Å². The van der Waals surface area contributed by atoms with Crippen molar-refractivity contribution in [3.63, 3.8) is 0 Å². The van der Waals surface area contributed by atoms with Gasteiger partial charge in [-0.1, -0.05) is 0 Å². The first-order chi connectivity index (χ1) is 1.41. The monoisotopic (exact) mass is 100.0 g/mol. The molecule has 1 nitrogen and oxygen atoms in total. The molecule has 0 atom stereocenters. The molecule has 0 amide bonds. The van der Waals surface area contributed by atoms with Crippen LogP contribution in [-0.4, -0.2) is 0 Å². The van der Waals surface area contributed by atoms with Crippen molar-refractivity contribution in [3.8, 4) is 6.07 Å². The zero-order valence-corrected chi connectivity index (χ0v) is 3.32.